The first-order valence-electron chi connectivity index (χ1n) is 9.01. The smallest absolute Gasteiger partial charge is 0.332 e. The van der Waals surface area contributed by atoms with Gasteiger partial charge in [-0.3, -0.25) is 15.1 Å². The van der Waals surface area contributed by atoms with Gasteiger partial charge in [0.25, 0.3) is 5.69 Å². The van der Waals surface area contributed by atoms with Gasteiger partial charge in [0.2, 0.25) is 0 Å². The molecule has 0 saturated heterocycles. The number of nitrogens with zero attached hydrogens (tertiary/aromatic N) is 3. The number of hydrogen-bond acceptors (Lipinski definition) is 6. The summed E-state index contributed by atoms with van der Waals surface area (Å²) in [4.78, 5) is 22.6. The van der Waals surface area contributed by atoms with E-state index in [1.807, 2.05) is 36.4 Å². The molecule has 0 spiro atoms. The Labute approximate surface area is 163 Å². The van der Waals surface area contributed by atoms with Crippen LogP contribution in [0.4, 0.5) is 5.69 Å². The Morgan fingerprint density at radius 3 is 2.71 bits per heavy atom. The molecule has 1 atom stereocenters. The highest BCUT2D eigenvalue weighted by atomic mass is 16.6. The van der Waals surface area contributed by atoms with Crippen LogP contribution in [0.2, 0.25) is 0 Å². The third-order valence-electron chi connectivity index (χ3n) is 4.46. The van der Waals surface area contributed by atoms with E-state index in [9.17, 15) is 14.9 Å². The molecule has 2 aromatic carbocycles. The summed E-state index contributed by atoms with van der Waals surface area (Å²) in [5.41, 5.74) is 3.23. The fourth-order valence-electron chi connectivity index (χ4n) is 3.17. The maximum absolute atomic E-state index is 11.9. The molecule has 7 nitrogen and oxygen atoms in total. The van der Waals surface area contributed by atoms with Crippen molar-refractivity contribution >= 4 is 17.4 Å². The molecule has 0 unspecified atom stereocenters. The van der Waals surface area contributed by atoms with Crippen molar-refractivity contribution in [1.29, 1.82) is 0 Å². The Morgan fingerprint density at radius 2 is 2.04 bits per heavy atom. The van der Waals surface area contributed by atoms with Gasteiger partial charge in [0.15, 0.2) is 0 Å². The number of hydrazone groups is 1. The van der Waals surface area contributed by atoms with E-state index >= 15 is 0 Å². The average molecular weight is 379 g/mol. The zero-order chi connectivity index (χ0) is 20.1. The molecule has 7 heteroatoms. The van der Waals surface area contributed by atoms with E-state index in [4.69, 9.17) is 9.84 Å². The summed E-state index contributed by atoms with van der Waals surface area (Å²) in [6, 6.07) is 16.0. The summed E-state index contributed by atoms with van der Waals surface area (Å²) >= 11 is 0. The Bertz CT molecular complexity index is 938. The van der Waals surface area contributed by atoms with E-state index in [0.29, 0.717) is 12.1 Å². The van der Waals surface area contributed by atoms with Gasteiger partial charge in [-0.25, -0.2) is 4.79 Å². The minimum atomic E-state index is -0.443. The molecule has 0 radical (unpaired) electrons. The van der Waals surface area contributed by atoms with Crippen LogP contribution >= 0.6 is 0 Å². The monoisotopic (exact) mass is 379 g/mol. The first-order chi connectivity index (χ1) is 13.5. The minimum absolute atomic E-state index is 0.0256. The van der Waals surface area contributed by atoms with Crippen LogP contribution in [0.15, 0.2) is 71.5 Å². The predicted octanol–water partition coefficient (Wildman–Crippen LogP) is 4.21. The van der Waals surface area contributed by atoms with Crippen LogP contribution in [0.1, 0.15) is 37.4 Å². The van der Waals surface area contributed by atoms with Crippen LogP contribution in [-0.2, 0) is 9.53 Å². The molecule has 3 rings (SSSR count). The molecule has 1 aliphatic rings. The van der Waals surface area contributed by atoms with Crippen molar-refractivity contribution in [3.8, 4) is 0 Å². The van der Waals surface area contributed by atoms with Crippen molar-refractivity contribution < 1.29 is 14.5 Å². The first kappa shape index (κ1) is 19.3. The number of benzene rings is 2. The number of carbonyl (C=O) groups is 1. The second kappa shape index (κ2) is 8.47. The molecule has 0 aromatic heterocycles. The van der Waals surface area contributed by atoms with Crippen LogP contribution in [0.3, 0.4) is 0 Å². The molecule has 1 aliphatic heterocycles. The molecular formula is C21H21N3O4. The highest BCUT2D eigenvalue weighted by Gasteiger charge is 2.31. The molecule has 0 N–H and O–H groups in total. The molecular weight excluding hydrogens is 358 g/mol. The van der Waals surface area contributed by atoms with Crippen LogP contribution < -0.4 is 0 Å². The maximum atomic E-state index is 11.9. The Balaban J connectivity index is 1.99. The van der Waals surface area contributed by atoms with E-state index in [1.54, 1.807) is 31.0 Å². The molecule has 0 fully saturated rings. The van der Waals surface area contributed by atoms with Gasteiger partial charge in [-0.1, -0.05) is 42.5 Å². The van der Waals surface area contributed by atoms with Crippen LogP contribution in [0.5, 0.6) is 0 Å². The zero-order valence-electron chi connectivity index (χ0n) is 15.7. The van der Waals surface area contributed by atoms with Crippen molar-refractivity contribution in [2.45, 2.75) is 26.3 Å². The SMILES string of the molecule is CCOC(=O)C=C(C)N1N=C(c2ccccc2)C[C@@H]1c1cccc([N+](=O)[O-])c1. The fourth-order valence-corrected chi connectivity index (χ4v) is 3.17. The normalized spacial score (nSPS) is 16.6. The van der Waals surface area contributed by atoms with Gasteiger partial charge in [-0.05, 0) is 25.0 Å². The second-order valence-corrected chi connectivity index (χ2v) is 6.37. The average Bonchev–Trinajstić information content (AvgIpc) is 3.14. The zero-order valence-corrected chi connectivity index (χ0v) is 15.7. The van der Waals surface area contributed by atoms with Gasteiger partial charge in [0, 0.05) is 30.3 Å². The number of hydrogen-bond donors (Lipinski definition) is 0. The molecule has 0 saturated carbocycles. The van der Waals surface area contributed by atoms with E-state index < -0.39 is 10.9 Å². The number of non-ortho nitro benzene ring substituents is 1. The van der Waals surface area contributed by atoms with Crippen LogP contribution in [0, 0.1) is 10.1 Å². The van der Waals surface area contributed by atoms with Crippen molar-refractivity contribution in [2.75, 3.05) is 6.61 Å². The lowest BCUT2D eigenvalue weighted by Gasteiger charge is -2.24. The van der Waals surface area contributed by atoms with Gasteiger partial charge in [-0.15, -0.1) is 0 Å². The maximum Gasteiger partial charge on any atom is 0.332 e. The lowest BCUT2D eigenvalue weighted by molar-refractivity contribution is -0.384. The Hall–Kier alpha value is -3.48. The second-order valence-electron chi connectivity index (χ2n) is 6.37. The molecule has 0 amide bonds. The van der Waals surface area contributed by atoms with Crippen LogP contribution in [0.25, 0.3) is 0 Å². The van der Waals surface area contributed by atoms with E-state index in [2.05, 4.69) is 0 Å². The number of rotatable bonds is 6. The Morgan fingerprint density at radius 1 is 1.29 bits per heavy atom. The summed E-state index contributed by atoms with van der Waals surface area (Å²) < 4.78 is 5.00. The van der Waals surface area contributed by atoms with Crippen molar-refractivity contribution in [3.63, 3.8) is 0 Å². The van der Waals surface area contributed by atoms with Crippen molar-refractivity contribution in [2.24, 2.45) is 5.10 Å². The number of nitro benzene ring substituents is 1. The fraction of sp³-hybridized carbons (Fsp3) is 0.238. The van der Waals surface area contributed by atoms with Gasteiger partial charge >= 0.3 is 5.97 Å². The number of allylic oxidation sites excluding steroid dienone is 1. The Kier molecular flexibility index (Phi) is 5.84. The minimum Gasteiger partial charge on any atom is -0.463 e. The van der Waals surface area contributed by atoms with Crippen molar-refractivity contribution in [1.82, 2.24) is 5.01 Å². The molecule has 0 aliphatic carbocycles. The molecule has 28 heavy (non-hydrogen) atoms. The summed E-state index contributed by atoms with van der Waals surface area (Å²) in [6.45, 7) is 3.81. The van der Waals surface area contributed by atoms with Crippen molar-refractivity contribution in [3.05, 3.63) is 87.6 Å². The molecule has 2 aromatic rings. The molecule has 0 bridgehead atoms. The lowest BCUT2D eigenvalue weighted by Crippen LogP contribution is -2.19. The predicted molar refractivity (Wildman–Crippen MR) is 106 cm³/mol. The third-order valence-corrected chi connectivity index (χ3v) is 4.46. The van der Waals surface area contributed by atoms with Crippen LogP contribution in [-0.4, -0.2) is 28.2 Å². The third kappa shape index (κ3) is 4.25. The standard InChI is InChI=1S/C21H21N3O4/c1-3-28-21(25)12-15(2)23-20(17-10-7-11-18(13-17)24(26)27)14-19(22-23)16-8-5-4-6-9-16/h4-13,20H,3,14H2,1-2H3/t20-/m1/s1. The summed E-state index contributed by atoms with van der Waals surface area (Å²) in [5.74, 6) is -0.443. The van der Waals surface area contributed by atoms with E-state index in [0.717, 1.165) is 16.8 Å². The summed E-state index contributed by atoms with van der Waals surface area (Å²) in [5, 5.41) is 17.6. The largest absolute Gasteiger partial charge is 0.463 e. The molecule has 1 heterocycles. The number of nitro groups is 1. The highest BCUT2D eigenvalue weighted by molar-refractivity contribution is 6.02. The first-order valence-corrected chi connectivity index (χ1v) is 9.01. The highest BCUT2D eigenvalue weighted by Crippen LogP contribution is 2.36. The number of carbonyl (C=O) groups excluding carboxylic acids is 1. The quantitative estimate of drug-likeness (QED) is 0.325. The molecule has 144 valence electrons. The van der Waals surface area contributed by atoms with E-state index in [-0.39, 0.29) is 18.3 Å². The van der Waals surface area contributed by atoms with Gasteiger partial charge in [-0.2, -0.15) is 5.10 Å². The van der Waals surface area contributed by atoms with Gasteiger partial charge in [0.05, 0.1) is 23.3 Å². The topological polar surface area (TPSA) is 85.0 Å². The number of esters is 1. The van der Waals surface area contributed by atoms with E-state index in [1.165, 1.54) is 12.1 Å². The van der Waals surface area contributed by atoms with Gasteiger partial charge in [0.1, 0.15) is 0 Å². The number of ether oxygens (including phenoxy) is 1. The van der Waals surface area contributed by atoms with Gasteiger partial charge < -0.3 is 4.74 Å². The summed E-state index contributed by atoms with van der Waals surface area (Å²) in [7, 11) is 0. The lowest BCUT2D eigenvalue weighted by atomic mass is 9.98. The summed E-state index contributed by atoms with van der Waals surface area (Å²) in [6.07, 6.45) is 1.96.